The third-order valence-electron chi connectivity index (χ3n) is 4.27. The molecule has 2 heterocycles. The molecule has 6 heteroatoms. The van der Waals surface area contributed by atoms with E-state index in [0.29, 0.717) is 24.3 Å². The SMILES string of the molecule is CCCN(Cc1cc2cc(OCC)ccc2[nH]c1=O)C(=O)c1ccncc1. The molecule has 0 bridgehead atoms. The highest BCUT2D eigenvalue weighted by molar-refractivity contribution is 5.94. The number of nitrogens with zero attached hydrogens (tertiary/aromatic N) is 2. The van der Waals surface area contributed by atoms with Crippen LogP contribution in [0.5, 0.6) is 5.75 Å². The van der Waals surface area contributed by atoms with Gasteiger partial charge in [-0.25, -0.2) is 0 Å². The van der Waals surface area contributed by atoms with Crippen molar-refractivity contribution in [1.29, 1.82) is 0 Å². The van der Waals surface area contributed by atoms with Gasteiger partial charge >= 0.3 is 0 Å². The molecule has 6 nitrogen and oxygen atoms in total. The molecule has 140 valence electrons. The summed E-state index contributed by atoms with van der Waals surface area (Å²) >= 11 is 0. The lowest BCUT2D eigenvalue weighted by molar-refractivity contribution is 0.0742. The van der Waals surface area contributed by atoms with E-state index in [0.717, 1.165) is 23.1 Å². The van der Waals surface area contributed by atoms with Crippen LogP contribution in [0.25, 0.3) is 10.9 Å². The van der Waals surface area contributed by atoms with Crippen LogP contribution in [0.2, 0.25) is 0 Å². The van der Waals surface area contributed by atoms with Crippen molar-refractivity contribution in [3.63, 3.8) is 0 Å². The third-order valence-corrected chi connectivity index (χ3v) is 4.27. The lowest BCUT2D eigenvalue weighted by Gasteiger charge is -2.22. The summed E-state index contributed by atoms with van der Waals surface area (Å²) in [5.41, 5.74) is 1.67. The molecule has 1 N–H and O–H groups in total. The Morgan fingerprint density at radius 2 is 1.93 bits per heavy atom. The summed E-state index contributed by atoms with van der Waals surface area (Å²) in [7, 11) is 0. The molecule has 0 atom stereocenters. The second-order valence-electron chi connectivity index (χ2n) is 6.27. The Balaban J connectivity index is 1.93. The molecule has 0 saturated heterocycles. The maximum Gasteiger partial charge on any atom is 0.254 e. The van der Waals surface area contributed by atoms with Crippen molar-refractivity contribution in [1.82, 2.24) is 14.9 Å². The third kappa shape index (κ3) is 4.34. The predicted octanol–water partition coefficient (Wildman–Crippen LogP) is 3.37. The van der Waals surface area contributed by atoms with Crippen molar-refractivity contribution >= 4 is 16.8 Å². The van der Waals surface area contributed by atoms with Crippen molar-refractivity contribution in [2.75, 3.05) is 13.2 Å². The van der Waals surface area contributed by atoms with E-state index in [-0.39, 0.29) is 18.0 Å². The number of nitrogens with one attached hydrogen (secondary N) is 1. The fourth-order valence-electron chi connectivity index (χ4n) is 3.01. The van der Waals surface area contributed by atoms with Crippen LogP contribution in [0.1, 0.15) is 36.2 Å². The molecular formula is C21H23N3O3. The quantitative estimate of drug-likeness (QED) is 0.696. The number of ether oxygens (including phenoxy) is 1. The highest BCUT2D eigenvalue weighted by atomic mass is 16.5. The topological polar surface area (TPSA) is 75.3 Å². The summed E-state index contributed by atoms with van der Waals surface area (Å²) in [4.78, 5) is 33.9. The molecule has 1 amide bonds. The monoisotopic (exact) mass is 365 g/mol. The first-order chi connectivity index (χ1) is 13.1. The molecule has 0 spiro atoms. The molecular weight excluding hydrogens is 342 g/mol. The molecule has 27 heavy (non-hydrogen) atoms. The largest absolute Gasteiger partial charge is 0.494 e. The van der Waals surface area contributed by atoms with Crippen LogP contribution in [-0.4, -0.2) is 33.9 Å². The van der Waals surface area contributed by atoms with E-state index < -0.39 is 0 Å². The average molecular weight is 365 g/mol. The fourth-order valence-corrected chi connectivity index (χ4v) is 3.01. The van der Waals surface area contributed by atoms with E-state index in [4.69, 9.17) is 4.74 Å². The normalized spacial score (nSPS) is 10.7. The lowest BCUT2D eigenvalue weighted by atomic mass is 10.1. The van der Waals surface area contributed by atoms with E-state index in [1.54, 1.807) is 29.4 Å². The number of aromatic amines is 1. The van der Waals surface area contributed by atoms with E-state index in [1.807, 2.05) is 38.1 Å². The maximum absolute atomic E-state index is 12.8. The Kier molecular flexibility index (Phi) is 5.86. The standard InChI is InChI=1S/C21H23N3O3/c1-3-11-24(21(26)15-7-9-22-10-8-15)14-17-12-16-13-18(27-4-2)5-6-19(16)23-20(17)25/h5-10,12-13H,3-4,11,14H2,1-2H3,(H,23,25). The Morgan fingerprint density at radius 3 is 2.63 bits per heavy atom. The van der Waals surface area contributed by atoms with Crippen LogP contribution in [0.3, 0.4) is 0 Å². The molecule has 0 fully saturated rings. The zero-order valence-corrected chi connectivity index (χ0v) is 15.6. The first-order valence-corrected chi connectivity index (χ1v) is 9.10. The number of hydrogen-bond donors (Lipinski definition) is 1. The Hall–Kier alpha value is -3.15. The zero-order valence-electron chi connectivity index (χ0n) is 15.6. The molecule has 0 unspecified atom stereocenters. The second-order valence-corrected chi connectivity index (χ2v) is 6.27. The number of benzene rings is 1. The number of hydrogen-bond acceptors (Lipinski definition) is 4. The van der Waals surface area contributed by atoms with Gasteiger partial charge in [-0.3, -0.25) is 14.6 Å². The van der Waals surface area contributed by atoms with Gasteiger partial charge in [-0.1, -0.05) is 6.92 Å². The minimum Gasteiger partial charge on any atom is -0.494 e. The fraction of sp³-hybridized carbons (Fsp3) is 0.286. The van der Waals surface area contributed by atoms with Crippen molar-refractivity contribution in [2.45, 2.75) is 26.8 Å². The van der Waals surface area contributed by atoms with Gasteiger partial charge in [-0.05, 0) is 49.7 Å². The van der Waals surface area contributed by atoms with Crippen LogP contribution < -0.4 is 10.3 Å². The summed E-state index contributed by atoms with van der Waals surface area (Å²) in [6.45, 7) is 5.32. The molecule has 3 aromatic rings. The molecule has 0 aliphatic rings. The minimum atomic E-state index is -0.185. The molecule has 0 radical (unpaired) electrons. The number of fused-ring (bicyclic) bond motifs is 1. The Bertz CT molecular complexity index is 983. The molecule has 1 aromatic carbocycles. The average Bonchev–Trinajstić information content (AvgIpc) is 2.68. The Morgan fingerprint density at radius 1 is 1.15 bits per heavy atom. The number of carbonyl (C=O) groups excluding carboxylic acids is 1. The van der Waals surface area contributed by atoms with Crippen LogP contribution in [0.15, 0.2) is 53.6 Å². The van der Waals surface area contributed by atoms with Gasteiger partial charge in [0.15, 0.2) is 0 Å². The number of carbonyl (C=O) groups is 1. The number of aromatic nitrogens is 2. The van der Waals surface area contributed by atoms with Crippen molar-refractivity contribution in [3.05, 3.63) is 70.3 Å². The van der Waals surface area contributed by atoms with Gasteiger partial charge in [0.25, 0.3) is 11.5 Å². The highest BCUT2D eigenvalue weighted by Crippen LogP contribution is 2.20. The minimum absolute atomic E-state index is 0.109. The van der Waals surface area contributed by atoms with Crippen LogP contribution in [0, 0.1) is 0 Å². The summed E-state index contributed by atoms with van der Waals surface area (Å²) in [6.07, 6.45) is 3.99. The lowest BCUT2D eigenvalue weighted by Crippen LogP contribution is -2.33. The zero-order chi connectivity index (χ0) is 19.2. The van der Waals surface area contributed by atoms with Crippen LogP contribution in [-0.2, 0) is 6.54 Å². The summed E-state index contributed by atoms with van der Waals surface area (Å²) in [5, 5.41) is 0.878. The first-order valence-electron chi connectivity index (χ1n) is 9.10. The van der Waals surface area contributed by atoms with Crippen molar-refractivity contribution in [2.24, 2.45) is 0 Å². The van der Waals surface area contributed by atoms with Crippen LogP contribution >= 0.6 is 0 Å². The van der Waals surface area contributed by atoms with Crippen LogP contribution in [0.4, 0.5) is 0 Å². The van der Waals surface area contributed by atoms with E-state index in [9.17, 15) is 9.59 Å². The number of amides is 1. The van der Waals surface area contributed by atoms with Gasteiger partial charge in [-0.2, -0.15) is 0 Å². The van der Waals surface area contributed by atoms with Crippen molar-refractivity contribution in [3.8, 4) is 5.75 Å². The summed E-state index contributed by atoms with van der Waals surface area (Å²) in [6, 6.07) is 10.8. The summed E-state index contributed by atoms with van der Waals surface area (Å²) < 4.78 is 5.54. The van der Waals surface area contributed by atoms with E-state index >= 15 is 0 Å². The van der Waals surface area contributed by atoms with E-state index in [2.05, 4.69) is 9.97 Å². The van der Waals surface area contributed by atoms with Crippen molar-refractivity contribution < 1.29 is 9.53 Å². The van der Waals surface area contributed by atoms with Gasteiger partial charge in [0.1, 0.15) is 5.75 Å². The van der Waals surface area contributed by atoms with Gasteiger partial charge in [0.05, 0.1) is 13.2 Å². The molecule has 0 aliphatic carbocycles. The molecule has 2 aromatic heterocycles. The maximum atomic E-state index is 12.8. The van der Waals surface area contributed by atoms with Gasteiger partial charge in [-0.15, -0.1) is 0 Å². The Labute approximate surface area is 157 Å². The molecule has 0 aliphatic heterocycles. The highest BCUT2D eigenvalue weighted by Gasteiger charge is 2.17. The molecule has 3 rings (SSSR count). The van der Waals surface area contributed by atoms with E-state index in [1.165, 1.54) is 0 Å². The second kappa shape index (κ2) is 8.49. The smallest absolute Gasteiger partial charge is 0.254 e. The van der Waals surface area contributed by atoms with Gasteiger partial charge in [0, 0.05) is 41.0 Å². The number of H-pyrrole nitrogens is 1. The van der Waals surface area contributed by atoms with Gasteiger partial charge in [0.2, 0.25) is 0 Å². The first kappa shape index (κ1) is 18.6. The number of pyridine rings is 2. The summed E-state index contributed by atoms with van der Waals surface area (Å²) in [5.74, 6) is 0.642. The predicted molar refractivity (Wildman–Crippen MR) is 105 cm³/mol. The van der Waals surface area contributed by atoms with Gasteiger partial charge < -0.3 is 14.6 Å². The number of rotatable bonds is 7. The molecule has 0 saturated carbocycles.